The van der Waals surface area contributed by atoms with E-state index in [1.165, 1.54) is 12.2 Å². The van der Waals surface area contributed by atoms with Gasteiger partial charge in [0.1, 0.15) is 0 Å². The Morgan fingerprint density at radius 2 is 2.41 bits per heavy atom. The van der Waals surface area contributed by atoms with Crippen LogP contribution in [0, 0.1) is 5.92 Å². The van der Waals surface area contributed by atoms with Gasteiger partial charge >= 0.3 is 5.97 Å². The highest BCUT2D eigenvalue weighted by molar-refractivity contribution is 7.99. The van der Waals surface area contributed by atoms with Gasteiger partial charge in [-0.05, 0) is 36.0 Å². The van der Waals surface area contributed by atoms with Crippen LogP contribution in [-0.4, -0.2) is 29.1 Å². The van der Waals surface area contributed by atoms with E-state index in [1.807, 2.05) is 11.8 Å². The van der Waals surface area contributed by atoms with Crippen LogP contribution in [0.25, 0.3) is 0 Å². The summed E-state index contributed by atoms with van der Waals surface area (Å²) in [5.41, 5.74) is 7.11. The molecular weight excluding hydrogens is 236 g/mol. The van der Waals surface area contributed by atoms with E-state index in [2.05, 4.69) is 5.32 Å². The summed E-state index contributed by atoms with van der Waals surface area (Å²) in [5, 5.41) is 12.3. The molecule has 1 aliphatic heterocycles. The highest BCUT2D eigenvalue weighted by Crippen LogP contribution is 2.27. The Hall–Kier alpha value is -1.36. The molecule has 1 fully saturated rings. The molecule has 1 atom stereocenters. The number of carboxylic acids is 1. The Morgan fingerprint density at radius 1 is 1.59 bits per heavy atom. The van der Waals surface area contributed by atoms with Crippen molar-refractivity contribution in [3.63, 3.8) is 0 Å². The van der Waals surface area contributed by atoms with Crippen LogP contribution in [0.1, 0.15) is 16.8 Å². The minimum Gasteiger partial charge on any atom is -0.478 e. The van der Waals surface area contributed by atoms with Crippen molar-refractivity contribution in [2.24, 2.45) is 5.92 Å². The largest absolute Gasteiger partial charge is 0.478 e. The maximum absolute atomic E-state index is 11.1. The average Bonchev–Trinajstić information content (AvgIpc) is 2.80. The number of nitrogen functional groups attached to an aromatic ring is 1. The van der Waals surface area contributed by atoms with Gasteiger partial charge in [-0.15, -0.1) is 0 Å². The topological polar surface area (TPSA) is 75.4 Å². The first-order valence-corrected chi connectivity index (χ1v) is 6.77. The average molecular weight is 252 g/mol. The van der Waals surface area contributed by atoms with Crippen LogP contribution in [0.15, 0.2) is 18.2 Å². The normalized spacial score (nSPS) is 19.2. The molecule has 0 aliphatic carbocycles. The number of hydrogen-bond acceptors (Lipinski definition) is 4. The standard InChI is InChI=1S/C12H16N2O2S/c13-10-3-1-2-9(12(15)16)11(10)14-6-8-4-5-17-7-8/h1-3,8,14H,4-7,13H2,(H,15,16). The van der Waals surface area contributed by atoms with Gasteiger partial charge in [0, 0.05) is 6.54 Å². The molecule has 0 amide bonds. The first-order chi connectivity index (χ1) is 8.18. The fraction of sp³-hybridized carbons (Fsp3) is 0.417. The van der Waals surface area contributed by atoms with Crippen LogP contribution in [0.4, 0.5) is 11.4 Å². The first-order valence-electron chi connectivity index (χ1n) is 5.62. The number of aromatic carboxylic acids is 1. The van der Waals surface area contributed by atoms with Crippen LogP contribution in [0.2, 0.25) is 0 Å². The van der Waals surface area contributed by atoms with Gasteiger partial charge in [-0.1, -0.05) is 6.07 Å². The van der Waals surface area contributed by atoms with Crippen molar-refractivity contribution in [3.05, 3.63) is 23.8 Å². The number of para-hydroxylation sites is 1. The number of nitrogens with two attached hydrogens (primary N) is 1. The molecule has 17 heavy (non-hydrogen) atoms. The third-order valence-corrected chi connectivity index (χ3v) is 4.15. The Kier molecular flexibility index (Phi) is 3.78. The zero-order valence-corrected chi connectivity index (χ0v) is 10.3. The van der Waals surface area contributed by atoms with Gasteiger partial charge in [-0.3, -0.25) is 0 Å². The summed E-state index contributed by atoms with van der Waals surface area (Å²) in [7, 11) is 0. The summed E-state index contributed by atoms with van der Waals surface area (Å²) in [6.45, 7) is 0.793. The van der Waals surface area contributed by atoms with Crippen molar-refractivity contribution in [1.82, 2.24) is 0 Å². The van der Waals surface area contributed by atoms with Crippen molar-refractivity contribution in [3.8, 4) is 0 Å². The minimum absolute atomic E-state index is 0.246. The molecule has 1 saturated heterocycles. The van der Waals surface area contributed by atoms with Gasteiger partial charge in [0.05, 0.1) is 16.9 Å². The monoisotopic (exact) mass is 252 g/mol. The fourth-order valence-electron chi connectivity index (χ4n) is 1.94. The van der Waals surface area contributed by atoms with Crippen molar-refractivity contribution in [1.29, 1.82) is 0 Å². The molecule has 0 saturated carbocycles. The lowest BCUT2D eigenvalue weighted by atomic mass is 10.1. The molecule has 4 nitrogen and oxygen atoms in total. The molecule has 1 unspecified atom stereocenters. The summed E-state index contributed by atoms with van der Waals surface area (Å²) in [5.74, 6) is 2.01. The molecule has 2 rings (SSSR count). The Morgan fingerprint density at radius 3 is 3.06 bits per heavy atom. The molecule has 0 radical (unpaired) electrons. The van der Waals surface area contributed by atoms with Crippen molar-refractivity contribution in [2.45, 2.75) is 6.42 Å². The number of carboxylic acid groups (broad SMARTS) is 1. The van der Waals surface area contributed by atoms with Crippen molar-refractivity contribution in [2.75, 3.05) is 29.1 Å². The van der Waals surface area contributed by atoms with Gasteiger partial charge in [0.15, 0.2) is 0 Å². The number of carbonyl (C=O) groups is 1. The number of thioether (sulfide) groups is 1. The van der Waals surface area contributed by atoms with Crippen LogP contribution >= 0.6 is 11.8 Å². The maximum atomic E-state index is 11.1. The third-order valence-electron chi connectivity index (χ3n) is 2.92. The summed E-state index contributed by atoms with van der Waals surface area (Å²) in [4.78, 5) is 11.1. The van der Waals surface area contributed by atoms with Crippen LogP contribution in [-0.2, 0) is 0 Å². The van der Waals surface area contributed by atoms with E-state index in [4.69, 9.17) is 10.8 Å². The van der Waals surface area contributed by atoms with Gasteiger partial charge < -0.3 is 16.2 Å². The molecule has 0 bridgehead atoms. The van der Waals surface area contributed by atoms with E-state index >= 15 is 0 Å². The SMILES string of the molecule is Nc1cccc(C(=O)O)c1NCC1CCSC1. The molecule has 1 aromatic carbocycles. The number of nitrogens with one attached hydrogen (secondary N) is 1. The molecule has 4 N–H and O–H groups in total. The van der Waals surface area contributed by atoms with E-state index < -0.39 is 5.97 Å². The zero-order valence-electron chi connectivity index (χ0n) is 9.48. The Labute approximate surface area is 105 Å². The molecule has 1 aromatic rings. The highest BCUT2D eigenvalue weighted by atomic mass is 32.2. The number of anilines is 2. The van der Waals surface area contributed by atoms with Gasteiger partial charge in [0.25, 0.3) is 0 Å². The van der Waals surface area contributed by atoms with E-state index in [-0.39, 0.29) is 5.56 Å². The summed E-state index contributed by atoms with van der Waals surface area (Å²) >= 11 is 1.94. The molecule has 92 valence electrons. The summed E-state index contributed by atoms with van der Waals surface area (Å²) < 4.78 is 0. The number of rotatable bonds is 4. The van der Waals surface area contributed by atoms with E-state index in [0.717, 1.165) is 12.3 Å². The lowest BCUT2D eigenvalue weighted by Gasteiger charge is -2.15. The quantitative estimate of drug-likeness (QED) is 0.716. The summed E-state index contributed by atoms with van der Waals surface area (Å²) in [6.07, 6.45) is 1.19. The second-order valence-electron chi connectivity index (χ2n) is 4.19. The zero-order chi connectivity index (χ0) is 12.3. The van der Waals surface area contributed by atoms with Crippen LogP contribution < -0.4 is 11.1 Å². The third kappa shape index (κ3) is 2.85. The lowest BCUT2D eigenvalue weighted by Crippen LogP contribution is -2.16. The first kappa shape index (κ1) is 12.1. The Bertz CT molecular complexity index is 417. The number of hydrogen-bond donors (Lipinski definition) is 3. The van der Waals surface area contributed by atoms with E-state index in [9.17, 15) is 4.79 Å². The van der Waals surface area contributed by atoms with E-state index in [0.29, 0.717) is 17.3 Å². The fourth-order valence-corrected chi connectivity index (χ4v) is 3.22. The second-order valence-corrected chi connectivity index (χ2v) is 5.34. The molecular formula is C12H16N2O2S. The van der Waals surface area contributed by atoms with Crippen LogP contribution in [0.3, 0.4) is 0 Å². The van der Waals surface area contributed by atoms with E-state index in [1.54, 1.807) is 18.2 Å². The predicted molar refractivity (Wildman–Crippen MR) is 71.7 cm³/mol. The summed E-state index contributed by atoms with van der Waals surface area (Å²) in [6, 6.07) is 4.96. The molecule has 1 heterocycles. The maximum Gasteiger partial charge on any atom is 0.337 e. The van der Waals surface area contributed by atoms with Crippen molar-refractivity contribution < 1.29 is 9.90 Å². The van der Waals surface area contributed by atoms with Gasteiger partial charge in [-0.2, -0.15) is 11.8 Å². The smallest absolute Gasteiger partial charge is 0.337 e. The lowest BCUT2D eigenvalue weighted by molar-refractivity contribution is 0.0698. The highest BCUT2D eigenvalue weighted by Gasteiger charge is 2.17. The second kappa shape index (κ2) is 5.31. The predicted octanol–water partition coefficient (Wildman–Crippen LogP) is 2.13. The van der Waals surface area contributed by atoms with Gasteiger partial charge in [-0.25, -0.2) is 4.79 Å². The number of benzene rings is 1. The Balaban J connectivity index is 2.10. The van der Waals surface area contributed by atoms with Crippen LogP contribution in [0.5, 0.6) is 0 Å². The van der Waals surface area contributed by atoms with Crippen molar-refractivity contribution >= 4 is 29.1 Å². The molecule has 5 heteroatoms. The molecule has 0 spiro atoms. The van der Waals surface area contributed by atoms with Gasteiger partial charge in [0.2, 0.25) is 0 Å². The molecule has 1 aliphatic rings. The minimum atomic E-state index is -0.944. The molecule has 0 aromatic heterocycles.